The number of hydrogen-bond donors (Lipinski definition) is 4. The Labute approximate surface area is 471 Å². The van der Waals surface area contributed by atoms with E-state index in [2.05, 4.69) is 30.6 Å². The largest absolute Gasteiger partial charge is 0.481 e. The second-order valence-electron chi connectivity index (χ2n) is 19.4. The number of fused-ring (bicyclic) bond motifs is 4. The molecule has 0 spiro atoms. The maximum absolute atomic E-state index is 15.6. The molecule has 4 bridgehead atoms. The molecule has 6 aliphatic rings. The topological polar surface area (TPSA) is 227 Å². The summed E-state index contributed by atoms with van der Waals surface area (Å²) in [5.74, 6) is -14.4. The summed E-state index contributed by atoms with van der Waals surface area (Å²) < 4.78 is 113. The molecule has 428 valence electrons. The van der Waals surface area contributed by atoms with E-state index in [1.54, 1.807) is 46.8 Å². The van der Waals surface area contributed by atoms with Crippen LogP contribution in [0.1, 0.15) is 72.8 Å². The number of amidine groups is 2. The van der Waals surface area contributed by atoms with Gasteiger partial charge in [-0.3, -0.25) is 29.4 Å². The van der Waals surface area contributed by atoms with E-state index in [-0.39, 0.29) is 121 Å². The lowest BCUT2D eigenvalue weighted by Crippen LogP contribution is -2.67. The minimum absolute atomic E-state index is 0.00428. The first kappa shape index (κ1) is 58.6. The van der Waals surface area contributed by atoms with Crippen molar-refractivity contribution < 1.29 is 74.7 Å². The van der Waals surface area contributed by atoms with Crippen LogP contribution in [0.25, 0.3) is 0 Å². The van der Waals surface area contributed by atoms with E-state index in [0.717, 1.165) is 0 Å². The number of piperidine rings is 2. The maximum Gasteiger partial charge on any atom is 0.338 e. The summed E-state index contributed by atoms with van der Waals surface area (Å²) >= 11 is 15.2. The highest BCUT2D eigenvalue weighted by Gasteiger charge is 2.60. The van der Waals surface area contributed by atoms with Crippen LogP contribution in [0.2, 0.25) is 10.0 Å². The lowest BCUT2D eigenvalue weighted by Gasteiger charge is -2.52. The number of esters is 2. The lowest BCUT2D eigenvalue weighted by molar-refractivity contribution is -0.219. The molecule has 4 unspecified atom stereocenters. The van der Waals surface area contributed by atoms with E-state index < -0.39 is 108 Å². The predicted octanol–water partition coefficient (Wildman–Crippen LogP) is 8.09. The number of rotatable bonds is 16. The number of alkyl halides is 4. The van der Waals surface area contributed by atoms with Crippen molar-refractivity contribution in [2.75, 3.05) is 52.7 Å². The number of morpholine rings is 2. The van der Waals surface area contributed by atoms with Crippen LogP contribution in [-0.4, -0.2) is 154 Å². The number of thiazole rings is 2. The van der Waals surface area contributed by atoms with E-state index in [1.807, 2.05) is 0 Å². The van der Waals surface area contributed by atoms with Crippen LogP contribution in [0.3, 0.4) is 0 Å². The van der Waals surface area contributed by atoms with Gasteiger partial charge in [-0.25, -0.2) is 45.9 Å². The molecule has 0 aliphatic carbocycles. The number of benzene rings is 2. The Kier molecular flexibility index (Phi) is 18.0. The molecular weight excluding hydrogens is 1150 g/mol. The number of aliphatic imine (C=N–C) groups is 2. The summed E-state index contributed by atoms with van der Waals surface area (Å²) in [5.41, 5.74) is 0.870. The van der Waals surface area contributed by atoms with Crippen molar-refractivity contribution in [2.24, 2.45) is 21.8 Å². The summed E-state index contributed by atoms with van der Waals surface area (Å²) in [6.45, 7) is 2.61. The van der Waals surface area contributed by atoms with Crippen molar-refractivity contribution in [3.63, 3.8) is 0 Å². The number of aliphatic carboxylic acids is 2. The summed E-state index contributed by atoms with van der Waals surface area (Å²) in [6.07, 6.45) is 1.59. The monoisotopic (exact) mass is 1200 g/mol. The SMILES string of the molecule is CCOC(=O)C1=C(CN2C3COCC2C(F)(F)[C@@H](CC(=O)O)C3)NC(c2nccs2)=N[C@H]1c1cccc(F)c1Cl.CCOC(=O)C1=C(CN2C3COCC2C(F)(F)[C@H](CC(=O)O)C3)NC(c2nccs2)=N[C@H]1c1cccc(F)c1Cl. The highest BCUT2D eigenvalue weighted by atomic mass is 35.5. The highest BCUT2D eigenvalue weighted by Crippen LogP contribution is 2.48. The molecule has 10 rings (SSSR count). The molecule has 8 atom stereocenters. The van der Waals surface area contributed by atoms with E-state index >= 15 is 17.6 Å². The number of carboxylic acid groups (broad SMARTS) is 2. The number of carbonyl (C=O) groups excluding carboxylic acids is 2. The van der Waals surface area contributed by atoms with Gasteiger partial charge >= 0.3 is 23.9 Å². The third-order valence-electron chi connectivity index (χ3n) is 14.6. The molecule has 4 saturated heterocycles. The van der Waals surface area contributed by atoms with Crippen molar-refractivity contribution >= 4 is 81.4 Å². The van der Waals surface area contributed by atoms with Crippen LogP contribution in [-0.2, 0) is 38.1 Å². The van der Waals surface area contributed by atoms with Gasteiger partial charge in [-0.2, -0.15) is 0 Å². The van der Waals surface area contributed by atoms with Gasteiger partial charge < -0.3 is 39.8 Å². The molecule has 28 heteroatoms. The summed E-state index contributed by atoms with van der Waals surface area (Å²) in [5, 5.41) is 28.6. The summed E-state index contributed by atoms with van der Waals surface area (Å²) in [6, 6.07) is 2.17. The molecule has 8 heterocycles. The molecule has 6 aliphatic heterocycles. The molecule has 4 N–H and O–H groups in total. The first-order valence-electron chi connectivity index (χ1n) is 25.3. The fourth-order valence-corrected chi connectivity index (χ4v) is 12.6. The second kappa shape index (κ2) is 24.6. The van der Waals surface area contributed by atoms with E-state index in [0.29, 0.717) is 10.0 Å². The minimum atomic E-state index is -3.37. The Morgan fingerprint density at radius 3 is 1.43 bits per heavy atom. The number of halogens is 8. The Morgan fingerprint density at radius 1 is 0.675 bits per heavy atom. The molecular formula is C52H52Cl2F6N8O10S2. The number of nitrogens with one attached hydrogen (secondary N) is 2. The van der Waals surface area contributed by atoms with Crippen molar-refractivity contribution in [3.05, 3.63) is 125 Å². The normalized spacial score (nSPS) is 26.2. The van der Waals surface area contributed by atoms with E-state index in [4.69, 9.17) is 42.1 Å². The maximum atomic E-state index is 15.6. The first-order valence-corrected chi connectivity index (χ1v) is 27.8. The van der Waals surface area contributed by atoms with Crippen LogP contribution in [0, 0.1) is 23.5 Å². The zero-order valence-corrected chi connectivity index (χ0v) is 45.7. The Balaban J connectivity index is 0.000000194. The van der Waals surface area contributed by atoms with Crippen molar-refractivity contribution in [1.29, 1.82) is 0 Å². The van der Waals surface area contributed by atoms with Gasteiger partial charge in [-0.05, 0) is 38.8 Å². The van der Waals surface area contributed by atoms with Gasteiger partial charge in [0.1, 0.15) is 23.7 Å². The van der Waals surface area contributed by atoms with Crippen LogP contribution in [0.5, 0.6) is 0 Å². The Hall–Kier alpha value is -6.00. The van der Waals surface area contributed by atoms with Gasteiger partial charge in [0.15, 0.2) is 21.7 Å². The van der Waals surface area contributed by atoms with Crippen molar-refractivity contribution in [1.82, 2.24) is 30.4 Å². The first-order chi connectivity index (χ1) is 38.2. The van der Waals surface area contributed by atoms with Gasteiger partial charge in [0.2, 0.25) is 0 Å². The number of hydrogen-bond acceptors (Lipinski definition) is 18. The third-order valence-corrected chi connectivity index (χ3v) is 16.9. The van der Waals surface area contributed by atoms with Gasteiger partial charge in [0.25, 0.3) is 11.8 Å². The second-order valence-corrected chi connectivity index (χ2v) is 21.9. The van der Waals surface area contributed by atoms with Crippen molar-refractivity contribution in [2.45, 2.75) is 87.6 Å². The van der Waals surface area contributed by atoms with Gasteiger partial charge in [-0.15, -0.1) is 22.7 Å². The van der Waals surface area contributed by atoms with Crippen LogP contribution in [0.15, 0.2) is 92.1 Å². The van der Waals surface area contributed by atoms with Crippen LogP contribution in [0.4, 0.5) is 26.3 Å². The fourth-order valence-electron chi connectivity index (χ4n) is 11.0. The highest BCUT2D eigenvalue weighted by molar-refractivity contribution is 7.12. The molecule has 2 aromatic carbocycles. The zero-order valence-electron chi connectivity index (χ0n) is 42.6. The number of nitrogens with zero attached hydrogens (tertiary/aromatic N) is 6. The summed E-state index contributed by atoms with van der Waals surface area (Å²) in [4.78, 5) is 70.4. The lowest BCUT2D eigenvalue weighted by atomic mass is 9.79. The molecule has 4 aromatic rings. The quantitative estimate of drug-likeness (QED) is 0.0614. The Morgan fingerprint density at radius 2 is 1.07 bits per heavy atom. The smallest absolute Gasteiger partial charge is 0.338 e. The van der Waals surface area contributed by atoms with Gasteiger partial charge in [0, 0.05) is 82.7 Å². The van der Waals surface area contributed by atoms with Crippen LogP contribution >= 0.6 is 45.9 Å². The average molecular weight is 1200 g/mol. The molecule has 0 saturated carbocycles. The molecule has 0 amide bonds. The predicted molar refractivity (Wildman–Crippen MR) is 280 cm³/mol. The molecule has 2 aromatic heterocycles. The van der Waals surface area contributed by atoms with E-state index in [9.17, 15) is 38.2 Å². The van der Waals surface area contributed by atoms with Gasteiger partial charge in [0.05, 0.1) is 85.8 Å². The standard InChI is InChI=1S/2C26H26ClF3N4O5S/c2*1-2-39-25(37)20-17(10-34-14-8-13(9-19(35)36)26(29,30)18(34)12-38-11-14)32-23(24-31-6-7-40-24)33-22(20)15-4-3-5-16(28)21(15)27/h2*3-7,13-14,18,22H,2,8-12H2,1H3,(H,32,33)(H,35,36)/t13-,14?,18?,22+;13-,14?,18?,22-/m10/s1. The van der Waals surface area contributed by atoms with E-state index in [1.165, 1.54) is 59.1 Å². The minimum Gasteiger partial charge on any atom is -0.481 e. The molecule has 18 nitrogen and oxygen atoms in total. The third kappa shape index (κ3) is 12.0. The Bertz CT molecular complexity index is 2920. The number of aromatic nitrogens is 2. The summed E-state index contributed by atoms with van der Waals surface area (Å²) in [7, 11) is 0. The molecule has 4 fully saturated rings. The number of carboxylic acids is 2. The number of carbonyl (C=O) groups is 4. The average Bonchev–Trinajstić information content (AvgIpc) is 4.25. The fraction of sp³-hybridized carbons (Fsp3) is 0.462. The van der Waals surface area contributed by atoms with Crippen LogP contribution < -0.4 is 10.6 Å². The molecule has 80 heavy (non-hydrogen) atoms. The van der Waals surface area contributed by atoms with Crippen molar-refractivity contribution in [3.8, 4) is 0 Å². The molecule has 0 radical (unpaired) electrons. The number of ether oxygens (including phenoxy) is 4. The zero-order chi connectivity index (χ0) is 57.2. The van der Waals surface area contributed by atoms with Gasteiger partial charge in [-0.1, -0.05) is 47.5 Å².